The van der Waals surface area contributed by atoms with Gasteiger partial charge in [-0.3, -0.25) is 4.99 Å². The first kappa shape index (κ1) is 15.7. The molecular weight excluding hydrogens is 260 g/mol. The monoisotopic (exact) mass is 288 g/mol. The van der Waals surface area contributed by atoms with Crippen molar-refractivity contribution in [2.24, 2.45) is 4.99 Å². The predicted octanol–water partition coefficient (Wildman–Crippen LogP) is 2.75. The molecule has 1 aliphatic rings. The molecule has 0 atom stereocenters. The summed E-state index contributed by atoms with van der Waals surface area (Å²) in [5, 5.41) is 6.94. The van der Waals surface area contributed by atoms with Gasteiger partial charge in [-0.2, -0.15) is 0 Å². The summed E-state index contributed by atoms with van der Waals surface area (Å²) in [6, 6.07) is 9.20. The van der Waals surface area contributed by atoms with Crippen LogP contribution >= 0.6 is 0 Å². The third kappa shape index (κ3) is 4.96. The van der Waals surface area contributed by atoms with E-state index in [-0.39, 0.29) is 0 Å². The molecule has 1 fully saturated rings. The molecule has 0 amide bonds. The van der Waals surface area contributed by atoms with Crippen LogP contribution in [0.15, 0.2) is 29.3 Å². The number of guanidine groups is 1. The smallest absolute Gasteiger partial charge is 0.191 e. The van der Waals surface area contributed by atoms with Crippen molar-refractivity contribution in [3.63, 3.8) is 0 Å². The molecule has 1 saturated carbocycles. The van der Waals surface area contributed by atoms with Crippen molar-refractivity contribution < 1.29 is 0 Å². The number of nitrogens with zero attached hydrogens (tertiary/aromatic N) is 2. The van der Waals surface area contributed by atoms with Crippen molar-refractivity contribution in [1.82, 2.24) is 10.6 Å². The van der Waals surface area contributed by atoms with E-state index in [9.17, 15) is 0 Å². The van der Waals surface area contributed by atoms with Crippen LogP contribution in [0.3, 0.4) is 0 Å². The van der Waals surface area contributed by atoms with Gasteiger partial charge in [0, 0.05) is 39.4 Å². The summed E-state index contributed by atoms with van der Waals surface area (Å²) in [5.41, 5.74) is 2.50. The molecule has 0 aromatic heterocycles. The van der Waals surface area contributed by atoms with Gasteiger partial charge in [-0.15, -0.1) is 0 Å². The second kappa shape index (κ2) is 7.91. The summed E-state index contributed by atoms with van der Waals surface area (Å²) in [6.07, 6.45) is 6.57. The number of hydrogen-bond acceptors (Lipinski definition) is 2. The summed E-state index contributed by atoms with van der Waals surface area (Å²) in [5.74, 6) is 0.915. The highest BCUT2D eigenvalue weighted by molar-refractivity contribution is 5.79. The Bertz CT molecular complexity index is 444. The van der Waals surface area contributed by atoms with Crippen LogP contribution < -0.4 is 15.5 Å². The van der Waals surface area contributed by atoms with Crippen LogP contribution in [0.5, 0.6) is 0 Å². The molecule has 2 rings (SSSR count). The molecule has 4 nitrogen and oxygen atoms in total. The lowest BCUT2D eigenvalue weighted by Gasteiger charge is -2.25. The number of aliphatic imine (C=N–C) groups is 1. The standard InChI is InChI=1S/C17H28N4/c1-18-17(20-15-7-5-4-6-8-15)19-13-14-9-11-16(12-10-14)21(2)3/h9-12,15H,4-8,13H2,1-3H3,(H2,18,19,20). The lowest BCUT2D eigenvalue weighted by atomic mass is 9.96. The fourth-order valence-electron chi connectivity index (χ4n) is 2.73. The Morgan fingerprint density at radius 1 is 1.14 bits per heavy atom. The van der Waals surface area contributed by atoms with Crippen LogP contribution in [0.4, 0.5) is 5.69 Å². The molecule has 116 valence electrons. The molecule has 21 heavy (non-hydrogen) atoms. The van der Waals surface area contributed by atoms with E-state index in [2.05, 4.69) is 58.9 Å². The van der Waals surface area contributed by atoms with Crippen molar-refractivity contribution in [2.75, 3.05) is 26.0 Å². The van der Waals surface area contributed by atoms with E-state index in [1.807, 2.05) is 7.05 Å². The summed E-state index contributed by atoms with van der Waals surface area (Å²) in [7, 11) is 5.96. The Morgan fingerprint density at radius 2 is 1.81 bits per heavy atom. The van der Waals surface area contributed by atoms with E-state index < -0.39 is 0 Å². The SMILES string of the molecule is CN=C(NCc1ccc(N(C)C)cc1)NC1CCCCC1. The molecule has 1 aromatic rings. The molecule has 0 bridgehead atoms. The Labute approximate surface area is 128 Å². The van der Waals surface area contributed by atoms with E-state index in [0.29, 0.717) is 6.04 Å². The minimum Gasteiger partial charge on any atom is -0.378 e. The van der Waals surface area contributed by atoms with Crippen LogP contribution in [-0.4, -0.2) is 33.1 Å². The fourth-order valence-corrected chi connectivity index (χ4v) is 2.73. The van der Waals surface area contributed by atoms with Crippen molar-refractivity contribution in [1.29, 1.82) is 0 Å². The van der Waals surface area contributed by atoms with Crippen LogP contribution in [-0.2, 0) is 6.54 Å². The molecule has 0 aliphatic heterocycles. The maximum atomic E-state index is 4.33. The molecule has 0 heterocycles. The van der Waals surface area contributed by atoms with Gasteiger partial charge in [0.2, 0.25) is 0 Å². The number of anilines is 1. The van der Waals surface area contributed by atoms with Gasteiger partial charge in [0.25, 0.3) is 0 Å². The van der Waals surface area contributed by atoms with E-state index in [1.165, 1.54) is 43.4 Å². The van der Waals surface area contributed by atoms with Crippen molar-refractivity contribution in [3.05, 3.63) is 29.8 Å². The van der Waals surface area contributed by atoms with Gasteiger partial charge < -0.3 is 15.5 Å². The van der Waals surface area contributed by atoms with Crippen molar-refractivity contribution in [2.45, 2.75) is 44.7 Å². The molecule has 4 heteroatoms. The lowest BCUT2D eigenvalue weighted by Crippen LogP contribution is -2.43. The zero-order valence-corrected chi connectivity index (χ0v) is 13.5. The Balaban J connectivity index is 1.82. The third-order valence-corrected chi connectivity index (χ3v) is 4.08. The first-order valence-corrected chi connectivity index (χ1v) is 7.92. The van der Waals surface area contributed by atoms with E-state index in [4.69, 9.17) is 0 Å². The minimum absolute atomic E-state index is 0.584. The summed E-state index contributed by atoms with van der Waals surface area (Å²) in [6.45, 7) is 0.806. The molecule has 2 N–H and O–H groups in total. The normalized spacial score (nSPS) is 16.6. The van der Waals surface area contributed by atoms with Gasteiger partial charge in [-0.25, -0.2) is 0 Å². The highest BCUT2D eigenvalue weighted by atomic mass is 15.2. The average molecular weight is 288 g/mol. The number of nitrogens with one attached hydrogen (secondary N) is 2. The maximum absolute atomic E-state index is 4.33. The van der Waals surface area contributed by atoms with Crippen LogP contribution in [0.25, 0.3) is 0 Å². The predicted molar refractivity (Wildman–Crippen MR) is 91.0 cm³/mol. The van der Waals surface area contributed by atoms with Crippen molar-refractivity contribution in [3.8, 4) is 0 Å². The van der Waals surface area contributed by atoms with E-state index in [0.717, 1.165) is 12.5 Å². The third-order valence-electron chi connectivity index (χ3n) is 4.08. The number of benzene rings is 1. The molecule has 1 aliphatic carbocycles. The topological polar surface area (TPSA) is 39.7 Å². The molecule has 0 unspecified atom stereocenters. The van der Waals surface area contributed by atoms with Crippen molar-refractivity contribution >= 4 is 11.6 Å². The zero-order valence-electron chi connectivity index (χ0n) is 13.5. The van der Waals surface area contributed by atoms with Gasteiger partial charge in [0.1, 0.15) is 0 Å². The summed E-state index contributed by atoms with van der Waals surface area (Å²) < 4.78 is 0. The second-order valence-corrected chi connectivity index (χ2v) is 5.97. The van der Waals surface area contributed by atoms with Crippen LogP contribution in [0, 0.1) is 0 Å². The van der Waals surface area contributed by atoms with Gasteiger partial charge in [0.15, 0.2) is 5.96 Å². The van der Waals surface area contributed by atoms with Crippen LogP contribution in [0.1, 0.15) is 37.7 Å². The number of rotatable bonds is 4. The first-order chi connectivity index (χ1) is 10.2. The summed E-state index contributed by atoms with van der Waals surface area (Å²) >= 11 is 0. The minimum atomic E-state index is 0.584. The first-order valence-electron chi connectivity index (χ1n) is 7.92. The quantitative estimate of drug-likeness (QED) is 0.661. The zero-order chi connectivity index (χ0) is 15.1. The molecule has 0 spiro atoms. The molecule has 1 aromatic carbocycles. The lowest BCUT2D eigenvalue weighted by molar-refractivity contribution is 0.410. The highest BCUT2D eigenvalue weighted by Gasteiger charge is 2.14. The van der Waals surface area contributed by atoms with E-state index in [1.54, 1.807) is 0 Å². The van der Waals surface area contributed by atoms with Crippen LogP contribution in [0.2, 0.25) is 0 Å². The van der Waals surface area contributed by atoms with Gasteiger partial charge in [0.05, 0.1) is 0 Å². The number of hydrogen-bond donors (Lipinski definition) is 2. The molecular formula is C17H28N4. The average Bonchev–Trinajstić information content (AvgIpc) is 2.52. The highest BCUT2D eigenvalue weighted by Crippen LogP contribution is 2.17. The van der Waals surface area contributed by atoms with Gasteiger partial charge in [-0.05, 0) is 30.5 Å². The Hall–Kier alpha value is -1.71. The molecule has 0 saturated heterocycles. The second-order valence-electron chi connectivity index (χ2n) is 5.97. The summed E-state index contributed by atoms with van der Waals surface area (Å²) in [4.78, 5) is 6.44. The van der Waals surface area contributed by atoms with E-state index >= 15 is 0 Å². The van der Waals surface area contributed by atoms with Gasteiger partial charge in [-0.1, -0.05) is 31.4 Å². The fraction of sp³-hybridized carbons (Fsp3) is 0.588. The largest absolute Gasteiger partial charge is 0.378 e. The Kier molecular flexibility index (Phi) is 5.90. The molecule has 0 radical (unpaired) electrons. The Morgan fingerprint density at radius 3 is 2.38 bits per heavy atom. The maximum Gasteiger partial charge on any atom is 0.191 e. The van der Waals surface area contributed by atoms with Gasteiger partial charge >= 0.3 is 0 Å².